The number of carbonyl (C=O) groups is 2. The van der Waals surface area contributed by atoms with Crippen molar-refractivity contribution in [1.82, 2.24) is 15.1 Å². The SMILES string of the molecule is Cc1nn(C)cc1[C@H](C(=O)NC1CCCCC1)N(C(=O)Cc1cccs1)c1ccc(Cl)cc1. The molecule has 1 aliphatic carbocycles. The van der Waals surface area contributed by atoms with E-state index in [-0.39, 0.29) is 24.3 Å². The van der Waals surface area contributed by atoms with Crippen molar-refractivity contribution in [2.24, 2.45) is 7.05 Å². The predicted octanol–water partition coefficient (Wildman–Crippen LogP) is 5.21. The van der Waals surface area contributed by atoms with Gasteiger partial charge in [-0.05, 0) is 55.5 Å². The van der Waals surface area contributed by atoms with E-state index >= 15 is 0 Å². The first-order chi connectivity index (χ1) is 15.9. The number of aromatic nitrogens is 2. The van der Waals surface area contributed by atoms with Crippen molar-refractivity contribution in [3.8, 4) is 0 Å². The van der Waals surface area contributed by atoms with Crippen LogP contribution in [-0.4, -0.2) is 27.6 Å². The van der Waals surface area contributed by atoms with Gasteiger partial charge < -0.3 is 5.32 Å². The van der Waals surface area contributed by atoms with Crippen LogP contribution in [0.5, 0.6) is 0 Å². The maximum atomic E-state index is 13.8. The van der Waals surface area contributed by atoms with E-state index in [1.54, 1.807) is 33.8 Å². The van der Waals surface area contributed by atoms with Gasteiger partial charge in [0.2, 0.25) is 11.8 Å². The van der Waals surface area contributed by atoms with Gasteiger partial charge in [-0.1, -0.05) is 36.9 Å². The highest BCUT2D eigenvalue weighted by atomic mass is 35.5. The molecule has 2 amide bonds. The molecule has 0 bridgehead atoms. The largest absolute Gasteiger partial charge is 0.351 e. The summed E-state index contributed by atoms with van der Waals surface area (Å²) < 4.78 is 1.69. The number of nitrogens with one attached hydrogen (secondary N) is 1. The number of anilines is 1. The van der Waals surface area contributed by atoms with E-state index < -0.39 is 6.04 Å². The van der Waals surface area contributed by atoms with Crippen molar-refractivity contribution in [2.45, 2.75) is 57.5 Å². The van der Waals surface area contributed by atoms with Crippen molar-refractivity contribution in [3.05, 3.63) is 69.1 Å². The van der Waals surface area contributed by atoms with Gasteiger partial charge in [0, 0.05) is 40.4 Å². The monoisotopic (exact) mass is 484 g/mol. The third-order valence-electron chi connectivity index (χ3n) is 6.08. The van der Waals surface area contributed by atoms with Crippen LogP contribution in [0.3, 0.4) is 0 Å². The highest BCUT2D eigenvalue weighted by Crippen LogP contribution is 2.32. The smallest absolute Gasteiger partial charge is 0.248 e. The lowest BCUT2D eigenvalue weighted by molar-refractivity contribution is -0.127. The van der Waals surface area contributed by atoms with Gasteiger partial charge in [0.05, 0.1) is 12.1 Å². The van der Waals surface area contributed by atoms with Crippen LogP contribution in [0.2, 0.25) is 5.02 Å². The Hall–Kier alpha value is -2.64. The molecule has 0 spiro atoms. The van der Waals surface area contributed by atoms with Gasteiger partial charge in [-0.25, -0.2) is 0 Å². The molecule has 1 N–H and O–H groups in total. The molecule has 1 aliphatic rings. The summed E-state index contributed by atoms with van der Waals surface area (Å²) in [4.78, 5) is 30.1. The molecule has 2 aromatic heterocycles. The Morgan fingerprint density at radius 3 is 2.55 bits per heavy atom. The van der Waals surface area contributed by atoms with Gasteiger partial charge >= 0.3 is 0 Å². The minimum absolute atomic E-state index is 0.130. The Morgan fingerprint density at radius 2 is 1.94 bits per heavy atom. The average Bonchev–Trinajstić information content (AvgIpc) is 3.42. The second-order valence-corrected chi connectivity index (χ2v) is 10.1. The number of carbonyl (C=O) groups excluding carboxylic acids is 2. The number of thiophene rings is 1. The standard InChI is InChI=1S/C25H29ClN4O2S/c1-17-22(16-29(2)28-17)24(25(32)27-19-7-4-3-5-8-19)30(20-12-10-18(26)11-13-20)23(31)15-21-9-6-14-33-21/h6,9-14,16,19,24H,3-5,7-8,15H2,1-2H3,(H,27,32)/t24-/m1/s1. The first kappa shape index (κ1) is 23.5. The molecule has 3 aromatic rings. The number of nitrogens with zero attached hydrogens (tertiary/aromatic N) is 3. The van der Waals surface area contributed by atoms with Gasteiger partial charge in [-0.15, -0.1) is 11.3 Å². The molecule has 8 heteroatoms. The van der Waals surface area contributed by atoms with Crippen LogP contribution < -0.4 is 10.2 Å². The van der Waals surface area contributed by atoms with E-state index in [4.69, 9.17) is 11.6 Å². The summed E-state index contributed by atoms with van der Waals surface area (Å²) >= 11 is 7.67. The van der Waals surface area contributed by atoms with Crippen molar-refractivity contribution in [1.29, 1.82) is 0 Å². The molecule has 0 aliphatic heterocycles. The molecule has 4 rings (SSSR count). The fraction of sp³-hybridized carbons (Fsp3) is 0.400. The lowest BCUT2D eigenvalue weighted by Gasteiger charge is -2.33. The van der Waals surface area contributed by atoms with Gasteiger partial charge in [0.1, 0.15) is 6.04 Å². The quantitative estimate of drug-likeness (QED) is 0.500. The normalized spacial score (nSPS) is 15.2. The van der Waals surface area contributed by atoms with Crippen LogP contribution in [-0.2, 0) is 23.1 Å². The van der Waals surface area contributed by atoms with Crippen LogP contribution in [0, 0.1) is 6.92 Å². The molecule has 0 unspecified atom stereocenters. The van der Waals surface area contributed by atoms with E-state index in [1.807, 2.05) is 37.7 Å². The summed E-state index contributed by atoms with van der Waals surface area (Å²) in [5.74, 6) is -0.320. The summed E-state index contributed by atoms with van der Waals surface area (Å²) in [6.07, 6.45) is 7.41. The second kappa shape index (κ2) is 10.5. The third-order valence-corrected chi connectivity index (χ3v) is 7.21. The highest BCUT2D eigenvalue weighted by Gasteiger charge is 2.36. The number of amides is 2. The van der Waals surface area contributed by atoms with E-state index in [1.165, 1.54) is 17.8 Å². The van der Waals surface area contributed by atoms with Gasteiger partial charge in [-0.2, -0.15) is 5.10 Å². The molecule has 1 aromatic carbocycles. The van der Waals surface area contributed by atoms with Crippen molar-refractivity contribution >= 4 is 40.4 Å². The Kier molecular flexibility index (Phi) is 7.50. The van der Waals surface area contributed by atoms with E-state index in [2.05, 4.69) is 10.4 Å². The van der Waals surface area contributed by atoms with Crippen LogP contribution in [0.15, 0.2) is 48.0 Å². The molecule has 6 nitrogen and oxygen atoms in total. The van der Waals surface area contributed by atoms with Gasteiger partial charge in [0.25, 0.3) is 0 Å². The molecule has 0 radical (unpaired) electrons. The first-order valence-electron chi connectivity index (χ1n) is 11.3. The second-order valence-electron chi connectivity index (χ2n) is 8.59. The zero-order valence-electron chi connectivity index (χ0n) is 19.0. The fourth-order valence-electron chi connectivity index (χ4n) is 4.50. The lowest BCUT2D eigenvalue weighted by Crippen LogP contribution is -2.47. The molecule has 2 heterocycles. The molecule has 1 saturated carbocycles. The summed E-state index contributed by atoms with van der Waals surface area (Å²) in [7, 11) is 1.83. The molecular weight excluding hydrogens is 456 g/mol. The summed E-state index contributed by atoms with van der Waals surface area (Å²) in [5.41, 5.74) is 2.08. The third kappa shape index (κ3) is 5.65. The van der Waals surface area contributed by atoms with Crippen LogP contribution in [0.4, 0.5) is 5.69 Å². The van der Waals surface area contributed by atoms with Gasteiger partial charge in [0.15, 0.2) is 0 Å². The zero-order valence-corrected chi connectivity index (χ0v) is 20.5. The minimum atomic E-state index is -0.825. The van der Waals surface area contributed by atoms with Gasteiger partial charge in [-0.3, -0.25) is 19.2 Å². The number of rotatable bonds is 7. The summed E-state index contributed by atoms with van der Waals surface area (Å²) in [6.45, 7) is 1.88. The Balaban J connectivity index is 1.75. The minimum Gasteiger partial charge on any atom is -0.351 e. The molecule has 1 atom stereocenters. The Bertz CT molecular complexity index is 1090. The zero-order chi connectivity index (χ0) is 23.4. The number of aryl methyl sites for hydroxylation is 2. The van der Waals surface area contributed by atoms with Crippen LogP contribution in [0.25, 0.3) is 0 Å². The average molecular weight is 485 g/mol. The summed E-state index contributed by atoms with van der Waals surface area (Å²) in [5, 5.41) is 10.2. The first-order valence-corrected chi connectivity index (χ1v) is 12.6. The maximum absolute atomic E-state index is 13.8. The topological polar surface area (TPSA) is 67.2 Å². The van der Waals surface area contributed by atoms with Crippen LogP contribution >= 0.6 is 22.9 Å². The van der Waals surface area contributed by atoms with Crippen LogP contribution in [0.1, 0.15) is 54.3 Å². The Labute approximate surface area is 203 Å². The molecule has 33 heavy (non-hydrogen) atoms. The highest BCUT2D eigenvalue weighted by molar-refractivity contribution is 7.10. The van der Waals surface area contributed by atoms with E-state index in [0.29, 0.717) is 10.7 Å². The molecule has 0 saturated heterocycles. The molecule has 1 fully saturated rings. The molecule has 174 valence electrons. The van der Waals surface area contributed by atoms with Crippen molar-refractivity contribution in [2.75, 3.05) is 4.90 Å². The van der Waals surface area contributed by atoms with Crippen molar-refractivity contribution in [3.63, 3.8) is 0 Å². The molecular formula is C25H29ClN4O2S. The van der Waals surface area contributed by atoms with E-state index in [0.717, 1.165) is 41.8 Å². The number of benzene rings is 1. The number of halogens is 1. The summed E-state index contributed by atoms with van der Waals surface area (Å²) in [6, 6.07) is 10.2. The Morgan fingerprint density at radius 1 is 1.21 bits per heavy atom. The lowest BCUT2D eigenvalue weighted by atomic mass is 9.94. The fourth-order valence-corrected chi connectivity index (χ4v) is 5.32. The van der Waals surface area contributed by atoms with E-state index in [9.17, 15) is 9.59 Å². The number of hydrogen-bond donors (Lipinski definition) is 1. The van der Waals surface area contributed by atoms with Crippen molar-refractivity contribution < 1.29 is 9.59 Å². The predicted molar refractivity (Wildman–Crippen MR) is 133 cm³/mol. The maximum Gasteiger partial charge on any atom is 0.248 e. The number of hydrogen-bond acceptors (Lipinski definition) is 4.